The van der Waals surface area contributed by atoms with Crippen LogP contribution in [0.1, 0.15) is 18.4 Å². The van der Waals surface area contributed by atoms with E-state index in [4.69, 9.17) is 28.9 Å². The van der Waals surface area contributed by atoms with Gasteiger partial charge in [0.2, 0.25) is 11.8 Å². The molecule has 0 saturated carbocycles. The van der Waals surface area contributed by atoms with E-state index in [9.17, 15) is 9.59 Å². The molecule has 1 aliphatic heterocycles. The first-order valence-corrected chi connectivity index (χ1v) is 9.56. The molecular weight excluding hydrogens is 385 g/mol. The molecule has 142 valence electrons. The van der Waals surface area contributed by atoms with Gasteiger partial charge >= 0.3 is 0 Å². The number of hydrogen-bond acceptors (Lipinski definition) is 3. The summed E-state index contributed by atoms with van der Waals surface area (Å²) in [6, 6.07) is 12.8. The van der Waals surface area contributed by atoms with Gasteiger partial charge in [-0.2, -0.15) is 0 Å². The van der Waals surface area contributed by atoms with E-state index < -0.39 is 0 Å². The quantitative estimate of drug-likeness (QED) is 0.754. The number of piperidine rings is 1. The summed E-state index contributed by atoms with van der Waals surface area (Å²) < 4.78 is 0. The van der Waals surface area contributed by atoms with Gasteiger partial charge < -0.3 is 16.0 Å². The van der Waals surface area contributed by atoms with Gasteiger partial charge in [-0.3, -0.25) is 9.59 Å². The number of hydrogen-bond donors (Lipinski definition) is 2. The Morgan fingerprint density at radius 2 is 1.81 bits per heavy atom. The van der Waals surface area contributed by atoms with E-state index in [1.165, 1.54) is 0 Å². The van der Waals surface area contributed by atoms with Gasteiger partial charge in [0, 0.05) is 18.8 Å². The summed E-state index contributed by atoms with van der Waals surface area (Å²) in [7, 11) is 0. The minimum Gasteiger partial charge on any atom is -0.396 e. The van der Waals surface area contributed by atoms with Gasteiger partial charge in [0.05, 0.1) is 28.1 Å². The van der Waals surface area contributed by atoms with Gasteiger partial charge in [-0.1, -0.05) is 53.5 Å². The first kappa shape index (κ1) is 19.5. The molecule has 2 aromatic rings. The minimum atomic E-state index is -0.270. The third-order valence-corrected chi connectivity index (χ3v) is 5.32. The molecule has 7 heteroatoms. The number of carbonyl (C=O) groups is 2. The molecule has 0 radical (unpaired) electrons. The van der Waals surface area contributed by atoms with Crippen molar-refractivity contribution in [2.24, 2.45) is 5.92 Å². The molecule has 0 bridgehead atoms. The van der Waals surface area contributed by atoms with Crippen LogP contribution in [0, 0.1) is 5.92 Å². The van der Waals surface area contributed by atoms with Gasteiger partial charge in [-0.25, -0.2) is 0 Å². The second-order valence-corrected chi connectivity index (χ2v) is 7.50. The third-order valence-electron chi connectivity index (χ3n) is 4.69. The molecule has 1 fully saturated rings. The Morgan fingerprint density at radius 1 is 1.15 bits per heavy atom. The predicted octanol–water partition coefficient (Wildman–Crippen LogP) is 4.00. The van der Waals surface area contributed by atoms with E-state index in [-0.39, 0.29) is 23.4 Å². The van der Waals surface area contributed by atoms with E-state index in [1.54, 1.807) is 17.0 Å². The number of nitrogens with two attached hydrogens (primary N) is 1. The number of nitrogens with one attached hydrogen (secondary N) is 1. The molecule has 1 heterocycles. The first-order chi connectivity index (χ1) is 12.9. The Bertz CT molecular complexity index is 819. The molecule has 0 aromatic heterocycles. The summed E-state index contributed by atoms with van der Waals surface area (Å²) in [5.41, 5.74) is 7.47. The number of rotatable bonds is 4. The SMILES string of the molecule is Nc1c(Cl)cc(NC(=O)C2CCCN(C(=O)Cc3ccccc3)C2)cc1Cl. The summed E-state index contributed by atoms with van der Waals surface area (Å²) in [5.74, 6) is -0.380. The Morgan fingerprint density at radius 3 is 2.48 bits per heavy atom. The molecule has 0 aliphatic carbocycles. The van der Waals surface area contributed by atoms with Crippen LogP contribution in [-0.4, -0.2) is 29.8 Å². The zero-order chi connectivity index (χ0) is 19.4. The van der Waals surface area contributed by atoms with Crippen molar-refractivity contribution in [3.63, 3.8) is 0 Å². The van der Waals surface area contributed by atoms with Crippen LogP contribution in [0.4, 0.5) is 11.4 Å². The van der Waals surface area contributed by atoms with Crippen molar-refractivity contribution in [3.8, 4) is 0 Å². The van der Waals surface area contributed by atoms with Gasteiger partial charge in [0.15, 0.2) is 0 Å². The molecule has 1 atom stereocenters. The average Bonchev–Trinajstić information content (AvgIpc) is 2.67. The number of amides is 2. The third kappa shape index (κ3) is 4.93. The number of nitrogen functional groups attached to an aromatic ring is 1. The maximum Gasteiger partial charge on any atom is 0.229 e. The van der Waals surface area contributed by atoms with E-state index in [2.05, 4.69) is 5.32 Å². The monoisotopic (exact) mass is 405 g/mol. The van der Waals surface area contributed by atoms with Crippen molar-refractivity contribution in [2.45, 2.75) is 19.3 Å². The molecule has 3 rings (SSSR count). The number of halogens is 2. The fourth-order valence-corrected chi connectivity index (χ4v) is 3.69. The summed E-state index contributed by atoms with van der Waals surface area (Å²) >= 11 is 12.0. The van der Waals surface area contributed by atoms with Crippen molar-refractivity contribution in [1.82, 2.24) is 4.90 Å². The number of benzene rings is 2. The van der Waals surface area contributed by atoms with E-state index in [0.717, 1.165) is 18.4 Å². The zero-order valence-corrected chi connectivity index (χ0v) is 16.3. The second kappa shape index (κ2) is 8.63. The van der Waals surface area contributed by atoms with E-state index in [0.29, 0.717) is 35.2 Å². The first-order valence-electron chi connectivity index (χ1n) is 8.81. The van der Waals surface area contributed by atoms with E-state index >= 15 is 0 Å². The Balaban J connectivity index is 1.62. The van der Waals surface area contributed by atoms with Crippen LogP contribution in [0.5, 0.6) is 0 Å². The summed E-state index contributed by atoms with van der Waals surface area (Å²) in [5, 5.41) is 3.41. The number of nitrogens with zero attached hydrogens (tertiary/aromatic N) is 1. The van der Waals surface area contributed by atoms with Crippen molar-refractivity contribution in [3.05, 3.63) is 58.1 Å². The minimum absolute atomic E-state index is 0.0391. The lowest BCUT2D eigenvalue weighted by atomic mass is 9.96. The van der Waals surface area contributed by atoms with Crippen LogP contribution < -0.4 is 11.1 Å². The topological polar surface area (TPSA) is 75.4 Å². The largest absolute Gasteiger partial charge is 0.396 e. The van der Waals surface area contributed by atoms with Crippen molar-refractivity contribution >= 4 is 46.4 Å². The van der Waals surface area contributed by atoms with Crippen molar-refractivity contribution in [2.75, 3.05) is 24.1 Å². The van der Waals surface area contributed by atoms with E-state index in [1.807, 2.05) is 30.3 Å². The van der Waals surface area contributed by atoms with Crippen molar-refractivity contribution in [1.29, 1.82) is 0 Å². The smallest absolute Gasteiger partial charge is 0.229 e. The zero-order valence-electron chi connectivity index (χ0n) is 14.8. The van der Waals surface area contributed by atoms with Crippen LogP contribution >= 0.6 is 23.2 Å². The lowest BCUT2D eigenvalue weighted by molar-refractivity contribution is -0.133. The van der Waals surface area contributed by atoms with Crippen LogP contribution in [-0.2, 0) is 16.0 Å². The van der Waals surface area contributed by atoms with Gasteiger partial charge in [0.25, 0.3) is 0 Å². The van der Waals surface area contributed by atoms with Crippen LogP contribution in [0.25, 0.3) is 0 Å². The highest BCUT2D eigenvalue weighted by molar-refractivity contribution is 6.39. The molecule has 5 nitrogen and oxygen atoms in total. The Hall–Kier alpha value is -2.24. The molecule has 2 amide bonds. The maximum atomic E-state index is 12.6. The normalized spacial score (nSPS) is 16.8. The molecule has 2 aromatic carbocycles. The van der Waals surface area contributed by atoms with Gasteiger partial charge in [0.1, 0.15) is 0 Å². The van der Waals surface area contributed by atoms with Gasteiger partial charge in [-0.15, -0.1) is 0 Å². The number of anilines is 2. The van der Waals surface area contributed by atoms with Crippen LogP contribution in [0.3, 0.4) is 0 Å². The number of likely N-dealkylation sites (tertiary alicyclic amines) is 1. The Kier molecular flexibility index (Phi) is 6.24. The summed E-state index contributed by atoms with van der Waals surface area (Å²) in [6.07, 6.45) is 1.87. The molecule has 1 aliphatic rings. The van der Waals surface area contributed by atoms with Gasteiger partial charge in [-0.05, 0) is 30.5 Å². The highest BCUT2D eigenvalue weighted by Gasteiger charge is 2.28. The molecule has 3 N–H and O–H groups in total. The van der Waals surface area contributed by atoms with Crippen LogP contribution in [0.2, 0.25) is 10.0 Å². The molecular formula is C20H21Cl2N3O2. The fraction of sp³-hybridized carbons (Fsp3) is 0.300. The predicted molar refractivity (Wildman–Crippen MR) is 109 cm³/mol. The van der Waals surface area contributed by atoms with Crippen molar-refractivity contribution < 1.29 is 9.59 Å². The fourth-order valence-electron chi connectivity index (χ4n) is 3.20. The second-order valence-electron chi connectivity index (χ2n) is 6.68. The summed E-state index contributed by atoms with van der Waals surface area (Å²) in [4.78, 5) is 27.0. The molecule has 0 spiro atoms. The lowest BCUT2D eigenvalue weighted by Gasteiger charge is -2.32. The average molecular weight is 406 g/mol. The van der Waals surface area contributed by atoms with Crippen LogP contribution in [0.15, 0.2) is 42.5 Å². The molecule has 27 heavy (non-hydrogen) atoms. The number of carbonyl (C=O) groups excluding carboxylic acids is 2. The highest BCUT2D eigenvalue weighted by Crippen LogP contribution is 2.31. The molecule has 1 saturated heterocycles. The Labute approximate surface area is 168 Å². The highest BCUT2D eigenvalue weighted by atomic mass is 35.5. The molecule has 1 unspecified atom stereocenters. The maximum absolute atomic E-state index is 12.6. The summed E-state index contributed by atoms with van der Waals surface area (Å²) in [6.45, 7) is 1.09. The standard InChI is InChI=1S/C20H21Cl2N3O2/c21-16-10-15(11-17(22)19(16)23)24-20(27)14-7-4-8-25(12-14)18(26)9-13-5-2-1-3-6-13/h1-3,5-6,10-11,14H,4,7-9,12,23H2,(H,24,27). The lowest BCUT2D eigenvalue weighted by Crippen LogP contribution is -2.44.